The number of ether oxygens (including phenoxy) is 2. The predicted octanol–water partition coefficient (Wildman–Crippen LogP) is 3.41. The van der Waals surface area contributed by atoms with Gasteiger partial charge in [-0.05, 0) is 25.4 Å². The normalized spacial score (nSPS) is 10.2. The minimum Gasteiger partial charge on any atom is -0.497 e. The second-order valence-electron chi connectivity index (χ2n) is 4.25. The Balaban J connectivity index is 2.37. The van der Waals surface area contributed by atoms with Crippen molar-refractivity contribution in [2.75, 3.05) is 19.5 Å². The van der Waals surface area contributed by atoms with Gasteiger partial charge < -0.3 is 14.8 Å². The van der Waals surface area contributed by atoms with Crippen LogP contribution in [0.1, 0.15) is 23.0 Å². The van der Waals surface area contributed by atoms with E-state index in [0.29, 0.717) is 17.1 Å². The average molecular weight is 292 g/mol. The second-order valence-corrected chi connectivity index (χ2v) is 5.03. The Labute approximate surface area is 121 Å². The quantitative estimate of drug-likeness (QED) is 0.856. The van der Waals surface area contributed by atoms with Crippen molar-refractivity contribution >= 4 is 28.0 Å². The summed E-state index contributed by atoms with van der Waals surface area (Å²) in [5.41, 5.74) is 2.14. The SMILES string of the molecule is COc1cc(Nc2snc(C)c2C(C)=O)cc(OC)c1. The molecule has 0 fully saturated rings. The molecule has 2 rings (SSSR count). The Morgan fingerprint density at radius 3 is 2.30 bits per heavy atom. The lowest BCUT2D eigenvalue weighted by Crippen LogP contribution is -1.99. The first kappa shape index (κ1) is 14.3. The smallest absolute Gasteiger partial charge is 0.164 e. The number of nitrogens with zero attached hydrogens (tertiary/aromatic N) is 1. The van der Waals surface area contributed by atoms with Crippen LogP contribution in [0.15, 0.2) is 18.2 Å². The number of carbonyl (C=O) groups excluding carboxylic acids is 1. The molecule has 0 saturated carbocycles. The molecule has 20 heavy (non-hydrogen) atoms. The van der Waals surface area contributed by atoms with Crippen LogP contribution in [0, 0.1) is 6.92 Å². The molecule has 2 aromatic rings. The third-order valence-electron chi connectivity index (χ3n) is 2.82. The number of methoxy groups -OCH3 is 2. The summed E-state index contributed by atoms with van der Waals surface area (Å²) in [6.45, 7) is 3.36. The van der Waals surface area contributed by atoms with Crippen LogP contribution in [0.3, 0.4) is 0 Å². The molecule has 0 aliphatic carbocycles. The van der Waals surface area contributed by atoms with E-state index in [0.717, 1.165) is 16.4 Å². The summed E-state index contributed by atoms with van der Waals surface area (Å²) in [5, 5.41) is 3.93. The molecule has 0 bridgehead atoms. The number of benzene rings is 1. The van der Waals surface area contributed by atoms with Gasteiger partial charge in [0.15, 0.2) is 5.78 Å². The van der Waals surface area contributed by atoms with Gasteiger partial charge >= 0.3 is 0 Å². The van der Waals surface area contributed by atoms with Gasteiger partial charge in [-0.1, -0.05) is 0 Å². The average Bonchev–Trinajstić information content (AvgIpc) is 2.79. The van der Waals surface area contributed by atoms with Crippen LogP contribution >= 0.6 is 11.5 Å². The minimum absolute atomic E-state index is 0.00592. The third kappa shape index (κ3) is 2.91. The first-order chi connectivity index (χ1) is 9.55. The fourth-order valence-corrected chi connectivity index (χ4v) is 2.75. The molecule has 0 spiro atoms. The van der Waals surface area contributed by atoms with E-state index in [9.17, 15) is 4.79 Å². The predicted molar refractivity (Wildman–Crippen MR) is 79.7 cm³/mol. The van der Waals surface area contributed by atoms with Gasteiger partial charge in [0.05, 0.1) is 25.5 Å². The van der Waals surface area contributed by atoms with Crippen LogP contribution in [0.5, 0.6) is 11.5 Å². The van der Waals surface area contributed by atoms with E-state index in [1.807, 2.05) is 19.1 Å². The summed E-state index contributed by atoms with van der Waals surface area (Å²) < 4.78 is 14.7. The molecule has 1 heterocycles. The molecular weight excluding hydrogens is 276 g/mol. The molecule has 1 aromatic carbocycles. The van der Waals surface area contributed by atoms with Crippen molar-refractivity contribution in [2.24, 2.45) is 0 Å². The standard InChI is InChI=1S/C14H16N2O3S/c1-8-13(9(2)17)14(20-16-8)15-10-5-11(18-3)7-12(6-10)19-4/h5-7,15H,1-4H3. The van der Waals surface area contributed by atoms with E-state index in [-0.39, 0.29) is 5.78 Å². The molecule has 1 N–H and O–H groups in total. The maximum atomic E-state index is 11.7. The van der Waals surface area contributed by atoms with Crippen LogP contribution < -0.4 is 14.8 Å². The number of ketones is 1. The summed E-state index contributed by atoms with van der Waals surface area (Å²) in [6.07, 6.45) is 0. The van der Waals surface area contributed by atoms with Crippen molar-refractivity contribution in [1.82, 2.24) is 4.37 Å². The van der Waals surface area contributed by atoms with Gasteiger partial charge in [0.1, 0.15) is 16.5 Å². The van der Waals surface area contributed by atoms with Crippen molar-refractivity contribution in [3.63, 3.8) is 0 Å². The van der Waals surface area contributed by atoms with E-state index in [1.165, 1.54) is 18.5 Å². The largest absolute Gasteiger partial charge is 0.497 e. The monoisotopic (exact) mass is 292 g/mol. The Morgan fingerprint density at radius 1 is 1.20 bits per heavy atom. The molecule has 0 unspecified atom stereocenters. The number of hydrogen-bond acceptors (Lipinski definition) is 6. The molecule has 0 amide bonds. The lowest BCUT2D eigenvalue weighted by molar-refractivity contribution is 0.101. The van der Waals surface area contributed by atoms with Gasteiger partial charge in [-0.15, -0.1) is 0 Å². The minimum atomic E-state index is -0.00592. The molecule has 0 atom stereocenters. The number of nitrogens with one attached hydrogen (secondary N) is 1. The van der Waals surface area contributed by atoms with Crippen LogP contribution in [0.4, 0.5) is 10.7 Å². The van der Waals surface area contributed by atoms with Crippen molar-refractivity contribution in [2.45, 2.75) is 13.8 Å². The third-order valence-corrected chi connectivity index (χ3v) is 3.68. The van der Waals surface area contributed by atoms with Crippen molar-refractivity contribution < 1.29 is 14.3 Å². The summed E-state index contributed by atoms with van der Waals surface area (Å²) in [4.78, 5) is 11.7. The maximum absolute atomic E-state index is 11.7. The van der Waals surface area contributed by atoms with Gasteiger partial charge in [-0.2, -0.15) is 4.37 Å². The van der Waals surface area contributed by atoms with E-state index >= 15 is 0 Å². The molecule has 106 valence electrons. The van der Waals surface area contributed by atoms with Crippen LogP contribution in [0.2, 0.25) is 0 Å². The van der Waals surface area contributed by atoms with Crippen LogP contribution in [-0.2, 0) is 0 Å². The highest BCUT2D eigenvalue weighted by Crippen LogP contribution is 2.32. The van der Waals surface area contributed by atoms with E-state index < -0.39 is 0 Å². The first-order valence-electron chi connectivity index (χ1n) is 6.02. The van der Waals surface area contributed by atoms with Crippen LogP contribution in [-0.4, -0.2) is 24.4 Å². The number of Topliss-reactive ketones (excluding diaryl/α,β-unsaturated/α-hetero) is 1. The van der Waals surface area contributed by atoms with Gasteiger partial charge in [-0.3, -0.25) is 4.79 Å². The summed E-state index contributed by atoms with van der Waals surface area (Å²) in [7, 11) is 3.19. The molecule has 5 nitrogen and oxygen atoms in total. The molecule has 0 radical (unpaired) electrons. The number of carbonyl (C=O) groups is 1. The number of rotatable bonds is 5. The van der Waals surface area contributed by atoms with Gasteiger partial charge in [0.25, 0.3) is 0 Å². The highest BCUT2D eigenvalue weighted by Gasteiger charge is 2.15. The first-order valence-corrected chi connectivity index (χ1v) is 6.79. The number of aryl methyl sites for hydroxylation is 1. The topological polar surface area (TPSA) is 60.5 Å². The fraction of sp³-hybridized carbons (Fsp3) is 0.286. The highest BCUT2D eigenvalue weighted by atomic mass is 32.1. The second kappa shape index (κ2) is 5.92. The van der Waals surface area contributed by atoms with Gasteiger partial charge in [-0.25, -0.2) is 0 Å². The number of aromatic nitrogens is 1. The summed E-state index contributed by atoms with van der Waals surface area (Å²) >= 11 is 1.26. The number of anilines is 2. The molecule has 1 aromatic heterocycles. The highest BCUT2D eigenvalue weighted by molar-refractivity contribution is 7.10. The zero-order valence-electron chi connectivity index (χ0n) is 11.8. The zero-order chi connectivity index (χ0) is 14.7. The lowest BCUT2D eigenvalue weighted by atomic mass is 10.2. The van der Waals surface area contributed by atoms with Gasteiger partial charge in [0, 0.05) is 23.9 Å². The Hall–Kier alpha value is -2.08. The summed E-state index contributed by atoms with van der Waals surface area (Å²) in [5.74, 6) is 1.35. The Morgan fingerprint density at radius 2 is 1.80 bits per heavy atom. The van der Waals surface area contributed by atoms with Crippen molar-refractivity contribution in [3.8, 4) is 11.5 Å². The number of hydrogen-bond donors (Lipinski definition) is 1. The summed E-state index contributed by atoms with van der Waals surface area (Å²) in [6, 6.07) is 5.46. The molecular formula is C14H16N2O3S. The molecule has 6 heteroatoms. The molecule has 0 aliphatic heterocycles. The zero-order valence-corrected chi connectivity index (χ0v) is 12.6. The van der Waals surface area contributed by atoms with Crippen molar-refractivity contribution in [1.29, 1.82) is 0 Å². The Kier molecular flexibility index (Phi) is 4.24. The van der Waals surface area contributed by atoms with E-state index in [4.69, 9.17) is 9.47 Å². The lowest BCUT2D eigenvalue weighted by Gasteiger charge is -2.10. The molecule has 0 saturated heterocycles. The van der Waals surface area contributed by atoms with E-state index in [1.54, 1.807) is 20.3 Å². The van der Waals surface area contributed by atoms with Crippen molar-refractivity contribution in [3.05, 3.63) is 29.5 Å². The Bertz CT molecular complexity index is 615. The van der Waals surface area contributed by atoms with E-state index in [2.05, 4.69) is 9.69 Å². The molecule has 0 aliphatic rings. The van der Waals surface area contributed by atoms with Gasteiger partial charge in [0.2, 0.25) is 0 Å². The van der Waals surface area contributed by atoms with Crippen LogP contribution in [0.25, 0.3) is 0 Å². The fourth-order valence-electron chi connectivity index (χ4n) is 1.88. The maximum Gasteiger partial charge on any atom is 0.164 e.